The van der Waals surface area contributed by atoms with Gasteiger partial charge in [0.2, 0.25) is 0 Å². The van der Waals surface area contributed by atoms with Crippen LogP contribution in [-0.4, -0.2) is 18.0 Å². The number of thioether (sulfide) groups is 1. The van der Waals surface area contributed by atoms with E-state index in [0.717, 1.165) is 0 Å². The Bertz CT molecular complexity index is 543. The molecule has 2 nitrogen and oxygen atoms in total. The van der Waals surface area contributed by atoms with Crippen molar-refractivity contribution >= 4 is 22.5 Å². The van der Waals surface area contributed by atoms with Gasteiger partial charge in [-0.05, 0) is 6.07 Å². The van der Waals surface area contributed by atoms with Crippen molar-refractivity contribution in [1.82, 2.24) is 0 Å². The summed E-state index contributed by atoms with van der Waals surface area (Å²) >= 11 is 0.306. The number of phenolic OH excluding ortho intramolecular Hbond substituents is 1. The molecule has 0 aliphatic carbocycles. The number of benzene rings is 2. The zero-order valence-corrected chi connectivity index (χ0v) is 9.80. The van der Waals surface area contributed by atoms with Gasteiger partial charge in [-0.2, -0.15) is 8.78 Å². The van der Waals surface area contributed by atoms with Crippen molar-refractivity contribution < 1.29 is 18.6 Å². The molecular weight excluding hydrogens is 246 g/mol. The summed E-state index contributed by atoms with van der Waals surface area (Å²) in [7, 11) is 1.47. The van der Waals surface area contributed by atoms with Crippen molar-refractivity contribution in [2.24, 2.45) is 0 Å². The first-order valence-corrected chi connectivity index (χ1v) is 5.75. The van der Waals surface area contributed by atoms with Crippen LogP contribution in [0.2, 0.25) is 0 Å². The van der Waals surface area contributed by atoms with E-state index in [1.165, 1.54) is 13.2 Å². The van der Waals surface area contributed by atoms with Gasteiger partial charge < -0.3 is 9.84 Å². The van der Waals surface area contributed by atoms with Crippen LogP contribution in [-0.2, 0) is 0 Å². The van der Waals surface area contributed by atoms with Gasteiger partial charge in [-0.3, -0.25) is 0 Å². The van der Waals surface area contributed by atoms with Gasteiger partial charge in [0.1, 0.15) is 11.5 Å². The maximum absolute atomic E-state index is 12.3. The molecule has 0 spiro atoms. The lowest BCUT2D eigenvalue weighted by Crippen LogP contribution is -1.89. The number of hydrogen-bond acceptors (Lipinski definition) is 3. The molecule has 0 aromatic heterocycles. The maximum atomic E-state index is 12.3. The van der Waals surface area contributed by atoms with Crippen molar-refractivity contribution in [2.75, 3.05) is 7.11 Å². The van der Waals surface area contributed by atoms with E-state index in [1.54, 1.807) is 24.3 Å². The number of halogens is 2. The third-order valence-electron chi connectivity index (χ3n) is 2.38. The van der Waals surface area contributed by atoms with Crippen molar-refractivity contribution in [3.8, 4) is 11.5 Å². The molecule has 0 aliphatic heterocycles. The molecule has 0 fully saturated rings. The molecular formula is C12H10F2O2S. The largest absolute Gasteiger partial charge is 0.506 e. The van der Waals surface area contributed by atoms with Crippen molar-refractivity contribution in [3.05, 3.63) is 30.3 Å². The quantitative estimate of drug-likeness (QED) is 0.845. The van der Waals surface area contributed by atoms with Gasteiger partial charge in [-0.1, -0.05) is 36.0 Å². The highest BCUT2D eigenvalue weighted by molar-refractivity contribution is 7.99. The normalized spacial score (nSPS) is 11.1. The minimum atomic E-state index is -2.58. The second kappa shape index (κ2) is 4.79. The Kier molecular flexibility index (Phi) is 3.38. The fraction of sp³-hybridized carbons (Fsp3) is 0.167. The van der Waals surface area contributed by atoms with Crippen LogP contribution in [0, 0.1) is 0 Å². The summed E-state index contributed by atoms with van der Waals surface area (Å²) in [6.07, 6.45) is 0. The SMILES string of the molecule is COc1cc(SC(F)F)c(O)c2ccccc12. The Morgan fingerprint density at radius 2 is 1.88 bits per heavy atom. The Labute approximate surface area is 101 Å². The van der Waals surface area contributed by atoms with Crippen molar-refractivity contribution in [1.29, 1.82) is 0 Å². The summed E-state index contributed by atoms with van der Waals surface area (Å²) in [6, 6.07) is 8.39. The first-order chi connectivity index (χ1) is 8.13. The van der Waals surface area contributed by atoms with Gasteiger partial charge in [0, 0.05) is 10.8 Å². The number of fused-ring (bicyclic) bond motifs is 1. The molecule has 0 radical (unpaired) electrons. The second-order valence-corrected chi connectivity index (χ2v) is 4.38. The molecule has 0 bridgehead atoms. The Hall–Kier alpha value is -1.49. The lowest BCUT2D eigenvalue weighted by Gasteiger charge is -2.11. The first-order valence-electron chi connectivity index (χ1n) is 4.87. The summed E-state index contributed by atoms with van der Waals surface area (Å²) in [5.74, 6) is -2.24. The van der Waals surface area contributed by atoms with E-state index in [-0.39, 0.29) is 10.6 Å². The molecule has 0 unspecified atom stereocenters. The van der Waals surface area contributed by atoms with Gasteiger partial charge in [0.25, 0.3) is 5.76 Å². The molecule has 5 heteroatoms. The summed E-state index contributed by atoms with van der Waals surface area (Å²) in [4.78, 5) is 0.121. The predicted octanol–water partition coefficient (Wildman–Crippen LogP) is 3.87. The zero-order chi connectivity index (χ0) is 12.4. The minimum absolute atomic E-state index is 0.121. The zero-order valence-electron chi connectivity index (χ0n) is 8.98. The van der Waals surface area contributed by atoms with Gasteiger partial charge in [-0.25, -0.2) is 0 Å². The molecule has 17 heavy (non-hydrogen) atoms. The average Bonchev–Trinajstić information content (AvgIpc) is 2.32. The van der Waals surface area contributed by atoms with E-state index >= 15 is 0 Å². The van der Waals surface area contributed by atoms with Crippen molar-refractivity contribution in [2.45, 2.75) is 10.7 Å². The highest BCUT2D eigenvalue weighted by Gasteiger charge is 2.15. The number of aromatic hydroxyl groups is 1. The third-order valence-corrected chi connectivity index (χ3v) is 3.12. The van der Waals surface area contributed by atoms with Crippen LogP contribution in [0.4, 0.5) is 8.78 Å². The van der Waals surface area contributed by atoms with E-state index in [1.807, 2.05) is 0 Å². The summed E-state index contributed by atoms with van der Waals surface area (Å²) < 4.78 is 29.8. The number of methoxy groups -OCH3 is 1. The molecule has 2 aromatic rings. The summed E-state index contributed by atoms with van der Waals surface area (Å²) in [6.45, 7) is 0. The fourth-order valence-corrected chi connectivity index (χ4v) is 2.25. The average molecular weight is 256 g/mol. The monoisotopic (exact) mass is 256 g/mol. The number of phenols is 1. The standard InChI is InChI=1S/C12H10F2O2S/c1-16-9-6-10(17-12(13)14)11(15)8-5-3-2-4-7(8)9/h2-6,12,15H,1H3. The van der Waals surface area contributed by atoms with Crippen LogP contribution in [0.15, 0.2) is 35.2 Å². The lowest BCUT2D eigenvalue weighted by molar-refractivity contribution is 0.251. The van der Waals surface area contributed by atoms with Crippen molar-refractivity contribution in [3.63, 3.8) is 0 Å². The third kappa shape index (κ3) is 2.29. The molecule has 0 amide bonds. The highest BCUT2D eigenvalue weighted by atomic mass is 32.2. The molecule has 0 heterocycles. The number of hydrogen-bond donors (Lipinski definition) is 1. The van der Waals surface area contributed by atoms with Crippen LogP contribution in [0.1, 0.15) is 0 Å². The molecule has 2 rings (SSSR count). The molecule has 1 N–H and O–H groups in total. The molecule has 0 saturated carbocycles. The van der Waals surface area contributed by atoms with Crippen LogP contribution in [0.3, 0.4) is 0 Å². The van der Waals surface area contributed by atoms with Crippen LogP contribution in [0.5, 0.6) is 11.5 Å². The van der Waals surface area contributed by atoms with E-state index in [2.05, 4.69) is 0 Å². The maximum Gasteiger partial charge on any atom is 0.289 e. The smallest absolute Gasteiger partial charge is 0.289 e. The molecule has 0 aliphatic rings. The van der Waals surface area contributed by atoms with E-state index in [9.17, 15) is 13.9 Å². The number of alkyl halides is 2. The fourth-order valence-electron chi connectivity index (χ4n) is 1.66. The summed E-state index contributed by atoms with van der Waals surface area (Å²) in [5, 5.41) is 11.1. The van der Waals surface area contributed by atoms with E-state index in [0.29, 0.717) is 28.3 Å². The highest BCUT2D eigenvalue weighted by Crippen LogP contribution is 2.42. The van der Waals surface area contributed by atoms with E-state index in [4.69, 9.17) is 4.74 Å². The van der Waals surface area contributed by atoms with Crippen LogP contribution in [0.25, 0.3) is 10.8 Å². The molecule has 2 aromatic carbocycles. The van der Waals surface area contributed by atoms with Gasteiger partial charge in [0.05, 0.1) is 12.0 Å². The Balaban J connectivity index is 2.67. The Morgan fingerprint density at radius 3 is 2.47 bits per heavy atom. The molecule has 0 atom stereocenters. The number of ether oxygens (including phenoxy) is 1. The summed E-state index contributed by atoms with van der Waals surface area (Å²) in [5.41, 5.74) is 0. The Morgan fingerprint density at radius 1 is 1.24 bits per heavy atom. The topological polar surface area (TPSA) is 29.5 Å². The van der Waals surface area contributed by atoms with Gasteiger partial charge in [0.15, 0.2) is 0 Å². The van der Waals surface area contributed by atoms with E-state index < -0.39 is 5.76 Å². The lowest BCUT2D eigenvalue weighted by atomic mass is 10.1. The molecule has 0 saturated heterocycles. The van der Waals surface area contributed by atoms with Gasteiger partial charge >= 0.3 is 0 Å². The van der Waals surface area contributed by atoms with Crippen LogP contribution < -0.4 is 4.74 Å². The minimum Gasteiger partial charge on any atom is -0.506 e. The predicted molar refractivity (Wildman–Crippen MR) is 64.0 cm³/mol. The second-order valence-electron chi connectivity index (χ2n) is 3.35. The molecule has 90 valence electrons. The van der Waals surface area contributed by atoms with Gasteiger partial charge in [-0.15, -0.1) is 0 Å². The first kappa shape index (κ1) is 12.0. The number of rotatable bonds is 3. The van der Waals surface area contributed by atoms with Crippen LogP contribution >= 0.6 is 11.8 Å².